The summed E-state index contributed by atoms with van der Waals surface area (Å²) in [5.74, 6) is 0.697. The van der Waals surface area contributed by atoms with E-state index < -0.39 is 0 Å². The topological polar surface area (TPSA) is 0 Å². The summed E-state index contributed by atoms with van der Waals surface area (Å²) in [6, 6.07) is 8.92. The van der Waals surface area contributed by atoms with E-state index in [0.29, 0.717) is 11.3 Å². The lowest BCUT2D eigenvalue weighted by Crippen LogP contribution is -2.05. The molecule has 0 unspecified atom stereocenters. The van der Waals surface area contributed by atoms with Crippen molar-refractivity contribution in [1.82, 2.24) is 0 Å². The minimum atomic E-state index is 0.478. The average Bonchev–Trinajstić information content (AvgIpc) is 2.15. The fourth-order valence-electron chi connectivity index (χ4n) is 2.08. The fourth-order valence-corrected chi connectivity index (χ4v) is 2.08. The summed E-state index contributed by atoms with van der Waals surface area (Å²) in [6.45, 7) is 11.5. The Kier molecular flexibility index (Phi) is 4.58. The molecule has 0 saturated carbocycles. The van der Waals surface area contributed by atoms with Crippen molar-refractivity contribution in [1.29, 1.82) is 0 Å². The van der Waals surface area contributed by atoms with Gasteiger partial charge in [-0.05, 0) is 36.7 Å². The van der Waals surface area contributed by atoms with E-state index >= 15 is 0 Å². The van der Waals surface area contributed by atoms with Crippen molar-refractivity contribution < 1.29 is 0 Å². The van der Waals surface area contributed by atoms with Crippen LogP contribution in [0.5, 0.6) is 0 Å². The normalized spacial score (nSPS) is 13.8. The van der Waals surface area contributed by atoms with Gasteiger partial charge >= 0.3 is 0 Å². The first kappa shape index (κ1) is 13.3. The van der Waals surface area contributed by atoms with Gasteiger partial charge in [-0.15, -0.1) is 0 Å². The molecule has 0 bridgehead atoms. The molecule has 16 heavy (non-hydrogen) atoms. The van der Waals surface area contributed by atoms with Gasteiger partial charge in [0, 0.05) is 0 Å². The molecular weight excluding hydrogens is 192 g/mol. The number of hydrogen-bond acceptors (Lipinski definition) is 0. The smallest absolute Gasteiger partial charge is 0.0190 e. The first-order valence-corrected chi connectivity index (χ1v) is 6.45. The molecule has 1 aromatic carbocycles. The summed E-state index contributed by atoms with van der Waals surface area (Å²) in [4.78, 5) is 0. The highest BCUT2D eigenvalue weighted by atomic mass is 14.2. The van der Waals surface area contributed by atoms with Crippen LogP contribution < -0.4 is 0 Å². The molecule has 90 valence electrons. The Morgan fingerprint density at radius 1 is 1.19 bits per heavy atom. The molecular formula is C16H26. The van der Waals surface area contributed by atoms with Gasteiger partial charge in [0.2, 0.25) is 0 Å². The second-order valence-electron chi connectivity index (χ2n) is 6.27. The average molecular weight is 218 g/mol. The number of hydrogen-bond donors (Lipinski definition) is 0. The van der Waals surface area contributed by atoms with E-state index in [1.54, 1.807) is 0 Å². The lowest BCUT2D eigenvalue weighted by atomic mass is 9.86. The van der Waals surface area contributed by atoms with Crippen molar-refractivity contribution in [2.24, 2.45) is 5.41 Å². The van der Waals surface area contributed by atoms with Crippen LogP contribution in [0.1, 0.15) is 64.0 Å². The van der Waals surface area contributed by atoms with Gasteiger partial charge in [-0.2, -0.15) is 0 Å². The molecule has 0 aliphatic heterocycles. The van der Waals surface area contributed by atoms with E-state index in [4.69, 9.17) is 0 Å². The highest BCUT2D eigenvalue weighted by Gasteiger charge is 2.11. The van der Waals surface area contributed by atoms with Gasteiger partial charge in [-0.3, -0.25) is 0 Å². The molecule has 0 aliphatic rings. The standard InChI is InChI=1S/C16H26/c1-13-8-6-10-15(12-13)14(2)9-7-11-16(3,4)5/h6,8,10,12,14H,7,9,11H2,1-5H3/t14-/m1/s1. The van der Waals surface area contributed by atoms with E-state index in [2.05, 4.69) is 58.9 Å². The third-order valence-electron chi connectivity index (χ3n) is 3.18. The van der Waals surface area contributed by atoms with Gasteiger partial charge in [0.05, 0.1) is 0 Å². The number of rotatable bonds is 4. The van der Waals surface area contributed by atoms with Gasteiger partial charge in [0.15, 0.2) is 0 Å². The molecule has 1 atom stereocenters. The summed E-state index contributed by atoms with van der Waals surface area (Å²) < 4.78 is 0. The zero-order valence-corrected chi connectivity index (χ0v) is 11.5. The van der Waals surface area contributed by atoms with Crippen LogP contribution in [0.15, 0.2) is 24.3 Å². The first-order valence-electron chi connectivity index (χ1n) is 6.45. The molecule has 0 fully saturated rings. The lowest BCUT2D eigenvalue weighted by molar-refractivity contribution is 0.354. The third kappa shape index (κ3) is 4.83. The maximum absolute atomic E-state index is 2.34. The molecule has 0 heterocycles. The van der Waals surface area contributed by atoms with Crippen molar-refractivity contribution in [3.63, 3.8) is 0 Å². The Morgan fingerprint density at radius 2 is 1.88 bits per heavy atom. The Morgan fingerprint density at radius 3 is 2.44 bits per heavy atom. The van der Waals surface area contributed by atoms with Crippen LogP contribution in [-0.2, 0) is 0 Å². The Balaban J connectivity index is 2.44. The van der Waals surface area contributed by atoms with Crippen LogP contribution >= 0.6 is 0 Å². The maximum Gasteiger partial charge on any atom is -0.0190 e. The Hall–Kier alpha value is -0.780. The van der Waals surface area contributed by atoms with Crippen LogP contribution in [0.3, 0.4) is 0 Å². The molecule has 0 nitrogen and oxygen atoms in total. The van der Waals surface area contributed by atoms with E-state index in [0.717, 1.165) is 0 Å². The number of benzene rings is 1. The zero-order valence-electron chi connectivity index (χ0n) is 11.5. The predicted molar refractivity (Wildman–Crippen MR) is 72.9 cm³/mol. The maximum atomic E-state index is 2.34. The Bertz CT molecular complexity index is 317. The molecule has 0 aliphatic carbocycles. The van der Waals surface area contributed by atoms with Crippen LogP contribution in [-0.4, -0.2) is 0 Å². The first-order chi connectivity index (χ1) is 7.38. The van der Waals surface area contributed by atoms with E-state index in [-0.39, 0.29) is 0 Å². The molecule has 0 aromatic heterocycles. The monoisotopic (exact) mass is 218 g/mol. The van der Waals surface area contributed by atoms with E-state index in [1.807, 2.05) is 0 Å². The molecule has 1 rings (SSSR count). The van der Waals surface area contributed by atoms with Crippen LogP contribution in [0, 0.1) is 12.3 Å². The third-order valence-corrected chi connectivity index (χ3v) is 3.18. The molecule has 0 heteroatoms. The molecule has 1 aromatic rings. The van der Waals surface area contributed by atoms with Gasteiger partial charge in [-0.1, -0.05) is 63.9 Å². The molecule has 0 N–H and O–H groups in total. The second-order valence-corrected chi connectivity index (χ2v) is 6.27. The van der Waals surface area contributed by atoms with Gasteiger partial charge in [0.1, 0.15) is 0 Å². The fraction of sp³-hybridized carbons (Fsp3) is 0.625. The van der Waals surface area contributed by atoms with Crippen molar-refractivity contribution in [2.75, 3.05) is 0 Å². The van der Waals surface area contributed by atoms with Crippen molar-refractivity contribution in [3.05, 3.63) is 35.4 Å². The lowest BCUT2D eigenvalue weighted by Gasteiger charge is -2.19. The van der Waals surface area contributed by atoms with E-state index in [9.17, 15) is 0 Å². The highest BCUT2D eigenvalue weighted by molar-refractivity contribution is 5.24. The van der Waals surface area contributed by atoms with Gasteiger partial charge < -0.3 is 0 Å². The highest BCUT2D eigenvalue weighted by Crippen LogP contribution is 2.27. The van der Waals surface area contributed by atoms with Crippen LogP contribution in [0.25, 0.3) is 0 Å². The predicted octanol–water partition coefficient (Wildman–Crippen LogP) is 5.31. The van der Waals surface area contributed by atoms with Crippen molar-refractivity contribution in [2.45, 2.75) is 59.8 Å². The summed E-state index contributed by atoms with van der Waals surface area (Å²) in [5, 5.41) is 0. The summed E-state index contributed by atoms with van der Waals surface area (Å²) in [7, 11) is 0. The van der Waals surface area contributed by atoms with Crippen molar-refractivity contribution in [3.8, 4) is 0 Å². The SMILES string of the molecule is Cc1cccc([C@H](C)CCCC(C)(C)C)c1. The Labute approximate surface area is 101 Å². The van der Waals surface area contributed by atoms with Gasteiger partial charge in [0.25, 0.3) is 0 Å². The molecule has 0 amide bonds. The van der Waals surface area contributed by atoms with Gasteiger partial charge in [-0.25, -0.2) is 0 Å². The number of aryl methyl sites for hydroxylation is 1. The zero-order chi connectivity index (χ0) is 12.2. The summed E-state index contributed by atoms with van der Waals surface area (Å²) >= 11 is 0. The largest absolute Gasteiger partial charge is 0.0617 e. The minimum Gasteiger partial charge on any atom is -0.0617 e. The van der Waals surface area contributed by atoms with Crippen molar-refractivity contribution >= 4 is 0 Å². The quantitative estimate of drug-likeness (QED) is 0.642. The summed E-state index contributed by atoms with van der Waals surface area (Å²) in [6.07, 6.45) is 3.96. The van der Waals surface area contributed by atoms with Crippen LogP contribution in [0.4, 0.5) is 0 Å². The van der Waals surface area contributed by atoms with Crippen LogP contribution in [0.2, 0.25) is 0 Å². The minimum absolute atomic E-state index is 0.478. The van der Waals surface area contributed by atoms with E-state index in [1.165, 1.54) is 30.4 Å². The second kappa shape index (κ2) is 5.52. The molecule has 0 spiro atoms. The summed E-state index contributed by atoms with van der Waals surface area (Å²) in [5.41, 5.74) is 3.35. The molecule has 0 saturated heterocycles. The molecule has 0 radical (unpaired) electrons.